The lowest BCUT2D eigenvalue weighted by Gasteiger charge is -2.17. The van der Waals surface area contributed by atoms with Crippen LogP contribution in [0.5, 0.6) is 0 Å². The Morgan fingerprint density at radius 2 is 1.76 bits per heavy atom. The van der Waals surface area contributed by atoms with Crippen molar-refractivity contribution in [2.24, 2.45) is 0 Å². The third kappa shape index (κ3) is 4.16. The van der Waals surface area contributed by atoms with Gasteiger partial charge in [0.15, 0.2) is 16.5 Å². The topological polar surface area (TPSA) is 113 Å². The number of hydrogen-bond donors (Lipinski definition) is 2. The Bertz CT molecular complexity index is 1090. The zero-order chi connectivity index (χ0) is 20.4. The van der Waals surface area contributed by atoms with Gasteiger partial charge in [-0.3, -0.25) is 4.72 Å². The first-order valence-electron chi connectivity index (χ1n) is 9.33. The summed E-state index contributed by atoms with van der Waals surface area (Å²) in [6.07, 6.45) is 4.15. The molecule has 10 heteroatoms. The van der Waals surface area contributed by atoms with Crippen LogP contribution >= 0.6 is 0 Å². The highest BCUT2D eigenvalue weighted by atomic mass is 32.2. The first kappa shape index (κ1) is 19.2. The van der Waals surface area contributed by atoms with Gasteiger partial charge in [-0.15, -0.1) is 5.10 Å². The largest absolute Gasteiger partial charge is 0.370 e. The summed E-state index contributed by atoms with van der Waals surface area (Å²) in [6, 6.07) is 8.86. The lowest BCUT2D eigenvalue weighted by molar-refractivity contribution is 0.390. The molecular formula is C19H22N6O3S. The van der Waals surface area contributed by atoms with Crippen LogP contribution in [0.3, 0.4) is 0 Å². The fraction of sp³-hybridized carbons (Fsp3) is 0.316. The van der Waals surface area contributed by atoms with E-state index in [4.69, 9.17) is 4.52 Å². The van der Waals surface area contributed by atoms with Gasteiger partial charge in [0.2, 0.25) is 0 Å². The predicted octanol–water partition coefficient (Wildman–Crippen LogP) is 3.23. The maximum atomic E-state index is 12.6. The van der Waals surface area contributed by atoms with E-state index in [-0.39, 0.29) is 10.7 Å². The summed E-state index contributed by atoms with van der Waals surface area (Å²) < 4.78 is 32.7. The minimum absolute atomic E-state index is 0.0636. The number of hydrogen-bond acceptors (Lipinski definition) is 8. The molecule has 3 aromatic rings. The molecule has 0 aliphatic carbocycles. The standard InChI is InChI=1S/C19H22N6O3S/c1-13-19(14(2)28-23-13)29(26,27)24-16-7-5-15(6-8-16)21-18-11-17(12-20-22-18)25-9-3-4-10-25/h5-8,11-12,24H,3-4,9-10H2,1-2H3,(H,21,22). The molecule has 1 aliphatic rings. The van der Waals surface area contributed by atoms with Gasteiger partial charge in [0, 0.05) is 30.5 Å². The smallest absolute Gasteiger partial charge is 0.267 e. The molecule has 9 nitrogen and oxygen atoms in total. The van der Waals surface area contributed by atoms with E-state index in [1.165, 1.54) is 12.8 Å². The lowest BCUT2D eigenvalue weighted by atomic mass is 10.3. The van der Waals surface area contributed by atoms with Crippen molar-refractivity contribution in [3.63, 3.8) is 0 Å². The van der Waals surface area contributed by atoms with Crippen molar-refractivity contribution in [3.05, 3.63) is 48.0 Å². The number of aromatic nitrogens is 3. The molecular weight excluding hydrogens is 392 g/mol. The van der Waals surface area contributed by atoms with E-state index in [0.717, 1.165) is 24.5 Å². The number of rotatable bonds is 6. The molecule has 0 atom stereocenters. The summed E-state index contributed by atoms with van der Waals surface area (Å²) in [6.45, 7) is 5.23. The number of sulfonamides is 1. The van der Waals surface area contributed by atoms with Crippen LogP contribution in [0.4, 0.5) is 22.9 Å². The lowest BCUT2D eigenvalue weighted by Crippen LogP contribution is -2.18. The minimum atomic E-state index is -3.77. The maximum absolute atomic E-state index is 12.6. The quantitative estimate of drug-likeness (QED) is 0.632. The molecule has 0 bridgehead atoms. The SMILES string of the molecule is Cc1noc(C)c1S(=O)(=O)Nc1ccc(Nc2cc(N3CCCC3)cnn2)cc1. The molecule has 0 saturated carbocycles. The highest BCUT2D eigenvalue weighted by Gasteiger charge is 2.24. The van der Waals surface area contributed by atoms with Crippen LogP contribution in [-0.2, 0) is 10.0 Å². The monoisotopic (exact) mass is 414 g/mol. The molecule has 0 amide bonds. The minimum Gasteiger partial charge on any atom is -0.370 e. The predicted molar refractivity (Wildman–Crippen MR) is 110 cm³/mol. The van der Waals surface area contributed by atoms with E-state index in [0.29, 0.717) is 17.2 Å². The van der Waals surface area contributed by atoms with Crippen molar-refractivity contribution < 1.29 is 12.9 Å². The van der Waals surface area contributed by atoms with Gasteiger partial charge in [-0.25, -0.2) is 8.42 Å². The highest BCUT2D eigenvalue weighted by molar-refractivity contribution is 7.92. The molecule has 2 aromatic heterocycles. The first-order chi connectivity index (χ1) is 13.9. The zero-order valence-corrected chi connectivity index (χ0v) is 17.0. The molecule has 1 saturated heterocycles. The van der Waals surface area contributed by atoms with Crippen molar-refractivity contribution in [3.8, 4) is 0 Å². The van der Waals surface area contributed by atoms with Crippen LogP contribution in [0.1, 0.15) is 24.3 Å². The fourth-order valence-corrected chi connectivity index (χ4v) is 4.79. The van der Waals surface area contributed by atoms with Crippen LogP contribution in [0, 0.1) is 13.8 Å². The van der Waals surface area contributed by atoms with E-state index in [1.807, 2.05) is 6.07 Å². The second kappa shape index (κ2) is 7.70. The second-order valence-corrected chi connectivity index (χ2v) is 8.57. The Morgan fingerprint density at radius 1 is 1.07 bits per heavy atom. The van der Waals surface area contributed by atoms with Crippen molar-refractivity contribution in [2.45, 2.75) is 31.6 Å². The maximum Gasteiger partial charge on any atom is 0.267 e. The molecule has 4 rings (SSSR count). The van der Waals surface area contributed by atoms with Crippen LogP contribution in [-0.4, -0.2) is 36.9 Å². The van der Waals surface area contributed by atoms with E-state index in [9.17, 15) is 8.42 Å². The summed E-state index contributed by atoms with van der Waals surface area (Å²) in [5, 5.41) is 15.1. The van der Waals surface area contributed by atoms with Gasteiger partial charge < -0.3 is 14.7 Å². The second-order valence-electron chi connectivity index (χ2n) is 6.95. The van der Waals surface area contributed by atoms with Gasteiger partial charge in [-0.1, -0.05) is 5.16 Å². The molecule has 1 aromatic carbocycles. The molecule has 2 N–H and O–H groups in total. The van der Waals surface area contributed by atoms with Crippen LogP contribution in [0.2, 0.25) is 0 Å². The number of nitrogens with one attached hydrogen (secondary N) is 2. The summed E-state index contributed by atoms with van der Waals surface area (Å²) in [5.74, 6) is 0.892. The van der Waals surface area contributed by atoms with E-state index in [1.54, 1.807) is 44.3 Å². The van der Waals surface area contributed by atoms with Crippen molar-refractivity contribution >= 4 is 32.9 Å². The number of nitrogens with zero attached hydrogens (tertiary/aromatic N) is 4. The first-order valence-corrected chi connectivity index (χ1v) is 10.8. The third-order valence-corrected chi connectivity index (χ3v) is 6.38. The molecule has 1 aliphatic heterocycles. The molecule has 1 fully saturated rings. The van der Waals surface area contributed by atoms with Gasteiger partial charge in [0.05, 0.1) is 11.9 Å². The molecule has 152 valence electrons. The van der Waals surface area contributed by atoms with Gasteiger partial charge in [-0.05, 0) is 51.0 Å². The third-order valence-electron chi connectivity index (χ3n) is 4.76. The Labute approximate surface area is 169 Å². The summed E-state index contributed by atoms with van der Waals surface area (Å²) in [4.78, 5) is 2.35. The average molecular weight is 414 g/mol. The van der Waals surface area contributed by atoms with Crippen molar-refractivity contribution in [2.75, 3.05) is 28.0 Å². The van der Waals surface area contributed by atoms with E-state index in [2.05, 4.69) is 30.3 Å². The average Bonchev–Trinajstić information content (AvgIpc) is 3.34. The summed E-state index contributed by atoms with van der Waals surface area (Å²) in [7, 11) is -3.77. The number of aryl methyl sites for hydroxylation is 2. The van der Waals surface area contributed by atoms with Crippen LogP contribution in [0.15, 0.2) is 45.9 Å². The summed E-state index contributed by atoms with van der Waals surface area (Å²) >= 11 is 0. The van der Waals surface area contributed by atoms with Crippen molar-refractivity contribution in [1.82, 2.24) is 15.4 Å². The van der Waals surface area contributed by atoms with Gasteiger partial charge in [0.1, 0.15) is 5.69 Å². The van der Waals surface area contributed by atoms with Gasteiger partial charge in [-0.2, -0.15) is 5.10 Å². The molecule has 3 heterocycles. The number of benzene rings is 1. The molecule has 0 unspecified atom stereocenters. The highest BCUT2D eigenvalue weighted by Crippen LogP contribution is 2.25. The molecule has 29 heavy (non-hydrogen) atoms. The van der Waals surface area contributed by atoms with Gasteiger partial charge in [0.25, 0.3) is 10.0 Å². The molecule has 0 spiro atoms. The van der Waals surface area contributed by atoms with E-state index >= 15 is 0 Å². The van der Waals surface area contributed by atoms with Crippen LogP contribution in [0.25, 0.3) is 0 Å². The van der Waals surface area contributed by atoms with Crippen molar-refractivity contribution in [1.29, 1.82) is 0 Å². The Morgan fingerprint density at radius 3 is 2.41 bits per heavy atom. The molecule has 0 radical (unpaired) electrons. The fourth-order valence-electron chi connectivity index (χ4n) is 3.40. The Hall–Kier alpha value is -3.14. The summed E-state index contributed by atoms with van der Waals surface area (Å²) in [5.41, 5.74) is 2.58. The Balaban J connectivity index is 1.46. The number of anilines is 4. The van der Waals surface area contributed by atoms with E-state index < -0.39 is 10.0 Å². The Kier molecular flexibility index (Phi) is 5.10. The zero-order valence-electron chi connectivity index (χ0n) is 16.2. The van der Waals surface area contributed by atoms with Gasteiger partial charge >= 0.3 is 0 Å². The normalized spacial score (nSPS) is 14.2. The van der Waals surface area contributed by atoms with Crippen LogP contribution < -0.4 is 14.9 Å².